The molecule has 0 spiro atoms. The topological polar surface area (TPSA) is 49.0 Å². The van der Waals surface area contributed by atoms with E-state index in [0.29, 0.717) is 12.6 Å². The number of benzene rings is 1. The summed E-state index contributed by atoms with van der Waals surface area (Å²) in [5.41, 5.74) is 0.975. The van der Waals surface area contributed by atoms with E-state index in [1.54, 1.807) is 23.1 Å². The van der Waals surface area contributed by atoms with Crippen molar-refractivity contribution in [1.29, 1.82) is 0 Å². The van der Waals surface area contributed by atoms with Gasteiger partial charge >= 0.3 is 5.69 Å². The zero-order valence-electron chi connectivity index (χ0n) is 12.8. The highest BCUT2D eigenvalue weighted by molar-refractivity contribution is 7.13. The van der Waals surface area contributed by atoms with Crippen LogP contribution in [0.1, 0.15) is 24.4 Å². The molecular formula is C17H17N3O2S. The summed E-state index contributed by atoms with van der Waals surface area (Å²) in [4.78, 5) is 13.8. The Balaban J connectivity index is 1.74. The highest BCUT2D eigenvalue weighted by Gasteiger charge is 2.30. The van der Waals surface area contributed by atoms with E-state index in [9.17, 15) is 4.79 Å². The van der Waals surface area contributed by atoms with Gasteiger partial charge in [0.2, 0.25) is 0 Å². The molecule has 118 valence electrons. The molecule has 0 unspecified atom stereocenters. The van der Waals surface area contributed by atoms with Gasteiger partial charge in [0.1, 0.15) is 5.75 Å². The van der Waals surface area contributed by atoms with Crippen molar-refractivity contribution in [3.8, 4) is 16.5 Å². The third kappa shape index (κ3) is 2.70. The van der Waals surface area contributed by atoms with E-state index in [4.69, 9.17) is 4.74 Å². The number of methoxy groups -OCH3 is 1. The number of ether oxygens (including phenoxy) is 1. The molecule has 0 bridgehead atoms. The first kappa shape index (κ1) is 14.3. The van der Waals surface area contributed by atoms with Crippen molar-refractivity contribution in [3.05, 3.63) is 57.8 Å². The van der Waals surface area contributed by atoms with Crippen molar-refractivity contribution in [2.24, 2.45) is 0 Å². The fourth-order valence-electron chi connectivity index (χ4n) is 2.70. The average Bonchev–Trinajstić information content (AvgIpc) is 3.15. The van der Waals surface area contributed by atoms with E-state index in [1.165, 1.54) is 0 Å². The van der Waals surface area contributed by atoms with Gasteiger partial charge in [-0.25, -0.2) is 9.48 Å². The molecule has 1 aliphatic rings. The zero-order chi connectivity index (χ0) is 15.8. The largest absolute Gasteiger partial charge is 0.497 e. The number of thiophene rings is 1. The first-order chi connectivity index (χ1) is 11.3. The molecule has 1 saturated carbocycles. The Hall–Kier alpha value is -2.34. The van der Waals surface area contributed by atoms with Crippen LogP contribution < -0.4 is 10.4 Å². The summed E-state index contributed by atoms with van der Waals surface area (Å²) < 4.78 is 8.66. The highest BCUT2D eigenvalue weighted by atomic mass is 32.1. The van der Waals surface area contributed by atoms with Gasteiger partial charge in [-0.15, -0.1) is 16.4 Å². The van der Waals surface area contributed by atoms with Crippen LogP contribution in [0.5, 0.6) is 5.75 Å². The Morgan fingerprint density at radius 3 is 2.87 bits per heavy atom. The van der Waals surface area contributed by atoms with Gasteiger partial charge in [0.25, 0.3) is 0 Å². The van der Waals surface area contributed by atoms with Gasteiger partial charge in [0.05, 0.1) is 18.5 Å². The van der Waals surface area contributed by atoms with Crippen molar-refractivity contribution in [2.45, 2.75) is 25.4 Å². The lowest BCUT2D eigenvalue weighted by atomic mass is 10.2. The summed E-state index contributed by atoms with van der Waals surface area (Å²) in [5, 5.41) is 6.61. The highest BCUT2D eigenvalue weighted by Crippen LogP contribution is 2.37. The van der Waals surface area contributed by atoms with Crippen LogP contribution in [0, 0.1) is 0 Å². The fraction of sp³-hybridized carbons (Fsp3) is 0.294. The van der Waals surface area contributed by atoms with Crippen molar-refractivity contribution < 1.29 is 4.74 Å². The van der Waals surface area contributed by atoms with Gasteiger partial charge < -0.3 is 4.74 Å². The Bertz CT molecular complexity index is 876. The molecule has 2 heterocycles. The van der Waals surface area contributed by atoms with E-state index in [0.717, 1.165) is 34.9 Å². The maximum Gasteiger partial charge on any atom is 0.346 e. The molecule has 1 aliphatic carbocycles. The summed E-state index contributed by atoms with van der Waals surface area (Å²) >= 11 is 1.61. The Kier molecular flexibility index (Phi) is 3.53. The third-order valence-electron chi connectivity index (χ3n) is 3.99. The molecular weight excluding hydrogens is 310 g/mol. The van der Waals surface area contributed by atoms with Crippen molar-refractivity contribution >= 4 is 11.3 Å². The van der Waals surface area contributed by atoms with Gasteiger partial charge in [0, 0.05) is 6.04 Å². The van der Waals surface area contributed by atoms with Gasteiger partial charge in [-0.1, -0.05) is 18.2 Å². The molecule has 0 radical (unpaired) electrons. The molecule has 2 aromatic heterocycles. The molecule has 0 saturated heterocycles. The molecule has 1 fully saturated rings. The Morgan fingerprint density at radius 2 is 2.17 bits per heavy atom. The molecule has 0 atom stereocenters. The van der Waals surface area contributed by atoms with Crippen LogP contribution in [-0.2, 0) is 6.54 Å². The predicted molar refractivity (Wildman–Crippen MR) is 90.2 cm³/mol. The normalized spacial score (nSPS) is 14.1. The lowest BCUT2D eigenvalue weighted by Crippen LogP contribution is -2.25. The fourth-order valence-corrected chi connectivity index (χ4v) is 3.41. The minimum absolute atomic E-state index is 0.0290. The van der Waals surface area contributed by atoms with Crippen LogP contribution in [0.25, 0.3) is 10.7 Å². The van der Waals surface area contributed by atoms with Crippen molar-refractivity contribution in [2.75, 3.05) is 7.11 Å². The quantitative estimate of drug-likeness (QED) is 0.723. The summed E-state index contributed by atoms with van der Waals surface area (Å²) in [6.07, 6.45) is 2.12. The first-order valence-electron chi connectivity index (χ1n) is 7.62. The van der Waals surface area contributed by atoms with Crippen LogP contribution in [0.2, 0.25) is 0 Å². The lowest BCUT2D eigenvalue weighted by molar-refractivity contribution is 0.414. The van der Waals surface area contributed by atoms with Crippen LogP contribution in [0.3, 0.4) is 0 Å². The van der Waals surface area contributed by atoms with E-state index in [-0.39, 0.29) is 5.69 Å². The Morgan fingerprint density at radius 1 is 1.30 bits per heavy atom. The predicted octanol–water partition coefficient (Wildman–Crippen LogP) is 3.17. The SMILES string of the molecule is COc1cccc(Cn2nc(-c3cccs3)n(C3CC3)c2=O)c1. The second-order valence-corrected chi connectivity index (χ2v) is 6.64. The zero-order valence-corrected chi connectivity index (χ0v) is 13.6. The smallest absolute Gasteiger partial charge is 0.346 e. The molecule has 5 nitrogen and oxygen atoms in total. The van der Waals surface area contributed by atoms with Gasteiger partial charge in [-0.05, 0) is 42.0 Å². The average molecular weight is 327 g/mol. The molecule has 0 aliphatic heterocycles. The maximum absolute atomic E-state index is 12.8. The molecule has 23 heavy (non-hydrogen) atoms. The minimum Gasteiger partial charge on any atom is -0.497 e. The monoisotopic (exact) mass is 327 g/mol. The van der Waals surface area contributed by atoms with E-state index in [2.05, 4.69) is 5.10 Å². The summed E-state index contributed by atoms with van der Waals surface area (Å²) in [6, 6.07) is 12.1. The number of nitrogens with zero attached hydrogens (tertiary/aromatic N) is 3. The molecule has 3 aromatic rings. The standard InChI is InChI=1S/C17H17N3O2S/c1-22-14-5-2-4-12(10-14)11-19-17(21)20(13-7-8-13)16(18-19)15-6-3-9-23-15/h2-6,9-10,13H,7-8,11H2,1H3. The molecule has 4 rings (SSSR count). The summed E-state index contributed by atoms with van der Waals surface area (Å²) in [7, 11) is 1.64. The van der Waals surface area contributed by atoms with Crippen LogP contribution in [0.15, 0.2) is 46.6 Å². The van der Waals surface area contributed by atoms with Crippen LogP contribution in [-0.4, -0.2) is 21.5 Å². The van der Waals surface area contributed by atoms with Gasteiger partial charge in [-0.2, -0.15) is 0 Å². The minimum atomic E-state index is -0.0290. The van der Waals surface area contributed by atoms with E-state index >= 15 is 0 Å². The molecule has 1 aromatic carbocycles. The number of aromatic nitrogens is 3. The van der Waals surface area contributed by atoms with Crippen molar-refractivity contribution in [1.82, 2.24) is 14.3 Å². The summed E-state index contributed by atoms with van der Waals surface area (Å²) in [5.74, 6) is 1.58. The Labute approximate surface area is 137 Å². The van der Waals surface area contributed by atoms with Gasteiger partial charge in [-0.3, -0.25) is 4.57 Å². The number of hydrogen-bond acceptors (Lipinski definition) is 4. The maximum atomic E-state index is 12.8. The first-order valence-corrected chi connectivity index (χ1v) is 8.50. The van der Waals surface area contributed by atoms with E-state index in [1.807, 2.05) is 46.3 Å². The molecule has 0 amide bonds. The molecule has 0 N–H and O–H groups in total. The second-order valence-electron chi connectivity index (χ2n) is 5.69. The van der Waals surface area contributed by atoms with Crippen molar-refractivity contribution in [3.63, 3.8) is 0 Å². The van der Waals surface area contributed by atoms with Crippen LogP contribution >= 0.6 is 11.3 Å². The summed E-state index contributed by atoms with van der Waals surface area (Å²) in [6.45, 7) is 0.453. The number of rotatable bonds is 5. The third-order valence-corrected chi connectivity index (χ3v) is 4.86. The van der Waals surface area contributed by atoms with E-state index < -0.39 is 0 Å². The van der Waals surface area contributed by atoms with Crippen LogP contribution in [0.4, 0.5) is 0 Å². The van der Waals surface area contributed by atoms with Gasteiger partial charge in [0.15, 0.2) is 5.82 Å². The number of hydrogen-bond donors (Lipinski definition) is 0. The molecule has 6 heteroatoms. The lowest BCUT2D eigenvalue weighted by Gasteiger charge is -2.03. The second kappa shape index (κ2) is 5.70.